The highest BCUT2D eigenvalue weighted by Crippen LogP contribution is 2.32. The molecule has 0 saturated heterocycles. The molecular weight excluding hydrogens is 480 g/mol. The Morgan fingerprint density at radius 2 is 1.75 bits per heavy atom. The van der Waals surface area contributed by atoms with E-state index in [2.05, 4.69) is 20.6 Å². The normalized spacial score (nSPS) is 12.3. The number of nitrogens with one attached hydrogen (secondary N) is 2. The second kappa shape index (κ2) is 10.6. The average molecular weight is 506 g/mol. The molecule has 1 aromatic heterocycles. The fourth-order valence-electron chi connectivity index (χ4n) is 2.60. The van der Waals surface area contributed by atoms with Crippen LogP contribution in [0.5, 0.6) is 0 Å². The molecule has 8 heteroatoms. The minimum Gasteiger partial charge on any atom is -0.356 e. The molecule has 2 N–H and O–H groups in total. The number of rotatable bonds is 6. The fraction of sp³-hybridized carbons (Fsp3) is 0.400. The van der Waals surface area contributed by atoms with Gasteiger partial charge in [-0.25, -0.2) is 0 Å². The largest absolute Gasteiger partial charge is 0.416 e. The van der Waals surface area contributed by atoms with Crippen molar-refractivity contribution in [2.45, 2.75) is 31.9 Å². The molecule has 0 atom stereocenters. The highest BCUT2D eigenvalue weighted by atomic mass is 127. The summed E-state index contributed by atoms with van der Waals surface area (Å²) in [5, 5.41) is 6.39. The molecule has 0 fully saturated rings. The Bertz CT molecular complexity index is 762. The molecule has 1 heterocycles. The predicted octanol–water partition coefficient (Wildman–Crippen LogP) is 4.40. The van der Waals surface area contributed by atoms with Crippen LogP contribution in [-0.2, 0) is 18.0 Å². The number of hydrogen-bond acceptors (Lipinski definition) is 2. The van der Waals surface area contributed by atoms with Crippen molar-refractivity contribution in [1.29, 1.82) is 0 Å². The second-order valence-electron chi connectivity index (χ2n) is 6.89. The lowest BCUT2D eigenvalue weighted by molar-refractivity contribution is -0.137. The maximum atomic E-state index is 13.0. The summed E-state index contributed by atoms with van der Waals surface area (Å²) in [6.45, 7) is 4.89. The molecule has 154 valence electrons. The zero-order chi connectivity index (χ0) is 19.9. The van der Waals surface area contributed by atoms with Crippen molar-refractivity contribution in [2.75, 3.05) is 20.1 Å². The SMILES string of the molecule is CN=C(NCCc1ccccn1)NCC(C)(C)c1cccc(C(F)(F)F)c1.I. The highest BCUT2D eigenvalue weighted by Gasteiger charge is 2.32. The topological polar surface area (TPSA) is 49.3 Å². The second-order valence-corrected chi connectivity index (χ2v) is 6.89. The molecule has 0 spiro atoms. The van der Waals surface area contributed by atoms with Gasteiger partial charge in [0.2, 0.25) is 0 Å². The van der Waals surface area contributed by atoms with E-state index >= 15 is 0 Å². The Morgan fingerprint density at radius 3 is 2.36 bits per heavy atom. The number of alkyl halides is 3. The highest BCUT2D eigenvalue weighted by molar-refractivity contribution is 14.0. The first-order chi connectivity index (χ1) is 12.7. The van der Waals surface area contributed by atoms with Gasteiger partial charge in [0, 0.05) is 43.9 Å². The maximum Gasteiger partial charge on any atom is 0.416 e. The van der Waals surface area contributed by atoms with Gasteiger partial charge in [0.25, 0.3) is 0 Å². The smallest absolute Gasteiger partial charge is 0.356 e. The van der Waals surface area contributed by atoms with Gasteiger partial charge in [-0.15, -0.1) is 24.0 Å². The number of hydrogen-bond donors (Lipinski definition) is 2. The molecular formula is C20H26F3IN4. The molecule has 0 aliphatic rings. The maximum absolute atomic E-state index is 13.0. The molecule has 0 radical (unpaired) electrons. The molecule has 2 aromatic rings. The van der Waals surface area contributed by atoms with E-state index in [9.17, 15) is 13.2 Å². The van der Waals surface area contributed by atoms with Crippen molar-refractivity contribution in [1.82, 2.24) is 15.6 Å². The third-order valence-corrected chi connectivity index (χ3v) is 4.29. The van der Waals surface area contributed by atoms with E-state index in [4.69, 9.17) is 0 Å². The Labute approximate surface area is 181 Å². The van der Waals surface area contributed by atoms with Gasteiger partial charge in [-0.2, -0.15) is 13.2 Å². The molecule has 28 heavy (non-hydrogen) atoms. The quantitative estimate of drug-likeness (QED) is 0.347. The van der Waals surface area contributed by atoms with E-state index in [-0.39, 0.29) is 24.0 Å². The summed E-state index contributed by atoms with van der Waals surface area (Å²) in [6, 6.07) is 11.2. The van der Waals surface area contributed by atoms with Crippen LogP contribution in [-0.4, -0.2) is 31.1 Å². The number of halogens is 4. The van der Waals surface area contributed by atoms with Crippen molar-refractivity contribution in [3.8, 4) is 0 Å². The number of guanidine groups is 1. The van der Waals surface area contributed by atoms with E-state index in [1.165, 1.54) is 12.1 Å². The van der Waals surface area contributed by atoms with Gasteiger partial charge in [0.05, 0.1) is 5.56 Å². The summed E-state index contributed by atoms with van der Waals surface area (Å²) in [4.78, 5) is 8.43. The molecule has 4 nitrogen and oxygen atoms in total. The van der Waals surface area contributed by atoms with Crippen molar-refractivity contribution < 1.29 is 13.2 Å². The van der Waals surface area contributed by atoms with E-state index < -0.39 is 17.2 Å². The number of aliphatic imine (C=N–C) groups is 1. The molecule has 0 bridgehead atoms. The summed E-state index contributed by atoms with van der Waals surface area (Å²) in [7, 11) is 1.66. The zero-order valence-electron chi connectivity index (χ0n) is 16.2. The first-order valence-corrected chi connectivity index (χ1v) is 8.74. The minimum absolute atomic E-state index is 0. The molecule has 0 unspecified atom stereocenters. The monoisotopic (exact) mass is 506 g/mol. The van der Waals surface area contributed by atoms with Crippen LogP contribution in [0.25, 0.3) is 0 Å². The number of pyridine rings is 1. The number of benzene rings is 1. The van der Waals surface area contributed by atoms with Crippen LogP contribution in [0.1, 0.15) is 30.7 Å². The Balaban J connectivity index is 0.00000392. The van der Waals surface area contributed by atoms with Crippen molar-refractivity contribution >= 4 is 29.9 Å². The fourth-order valence-corrected chi connectivity index (χ4v) is 2.60. The van der Waals surface area contributed by atoms with Crippen LogP contribution in [0.2, 0.25) is 0 Å². The Morgan fingerprint density at radius 1 is 1.04 bits per heavy atom. The molecule has 0 aliphatic carbocycles. The van der Waals surface area contributed by atoms with Crippen LogP contribution >= 0.6 is 24.0 Å². The van der Waals surface area contributed by atoms with Gasteiger partial charge in [-0.1, -0.05) is 38.1 Å². The number of nitrogens with zero attached hydrogens (tertiary/aromatic N) is 2. The van der Waals surface area contributed by atoms with E-state index in [1.54, 1.807) is 19.3 Å². The summed E-state index contributed by atoms with van der Waals surface area (Å²) >= 11 is 0. The summed E-state index contributed by atoms with van der Waals surface area (Å²) < 4.78 is 38.9. The van der Waals surface area contributed by atoms with Crippen LogP contribution in [0, 0.1) is 0 Å². The molecule has 0 amide bonds. The van der Waals surface area contributed by atoms with E-state index in [0.717, 1.165) is 18.2 Å². The van der Waals surface area contributed by atoms with Gasteiger partial charge in [0.1, 0.15) is 0 Å². The Hall–Kier alpha value is -1.84. The summed E-state index contributed by atoms with van der Waals surface area (Å²) in [6.07, 6.45) is -1.85. The lowest BCUT2D eigenvalue weighted by atomic mass is 9.84. The zero-order valence-corrected chi connectivity index (χ0v) is 18.5. The molecule has 0 saturated carbocycles. The van der Waals surface area contributed by atoms with Gasteiger partial charge < -0.3 is 10.6 Å². The summed E-state index contributed by atoms with van der Waals surface area (Å²) in [5.41, 5.74) is 0.462. The van der Waals surface area contributed by atoms with Gasteiger partial charge >= 0.3 is 6.18 Å². The van der Waals surface area contributed by atoms with Crippen molar-refractivity contribution in [3.05, 3.63) is 65.5 Å². The van der Waals surface area contributed by atoms with Crippen molar-refractivity contribution in [3.63, 3.8) is 0 Å². The van der Waals surface area contributed by atoms with Crippen LogP contribution in [0.3, 0.4) is 0 Å². The third-order valence-electron chi connectivity index (χ3n) is 4.29. The van der Waals surface area contributed by atoms with Crippen molar-refractivity contribution in [2.24, 2.45) is 4.99 Å². The molecule has 2 rings (SSSR count). The average Bonchev–Trinajstić information content (AvgIpc) is 2.65. The van der Waals surface area contributed by atoms with Crippen LogP contribution < -0.4 is 10.6 Å². The standard InChI is InChI=1S/C20H25F3N4.HI/c1-19(2,15-7-6-8-16(13-15)20(21,22)23)14-27-18(24-3)26-12-10-17-9-4-5-11-25-17;/h4-9,11,13H,10,12,14H2,1-3H3,(H2,24,26,27);1H. The molecule has 0 aliphatic heterocycles. The van der Waals surface area contributed by atoms with Gasteiger partial charge in [-0.05, 0) is 23.8 Å². The van der Waals surface area contributed by atoms with E-state index in [0.29, 0.717) is 24.6 Å². The van der Waals surface area contributed by atoms with Gasteiger partial charge in [0.15, 0.2) is 5.96 Å². The number of aromatic nitrogens is 1. The predicted molar refractivity (Wildman–Crippen MR) is 117 cm³/mol. The van der Waals surface area contributed by atoms with Crippen LogP contribution in [0.15, 0.2) is 53.7 Å². The first-order valence-electron chi connectivity index (χ1n) is 8.74. The van der Waals surface area contributed by atoms with E-state index in [1.807, 2.05) is 32.0 Å². The third kappa shape index (κ3) is 7.29. The first kappa shape index (κ1) is 24.2. The minimum atomic E-state index is -4.34. The van der Waals surface area contributed by atoms with Gasteiger partial charge in [-0.3, -0.25) is 9.98 Å². The lowest BCUT2D eigenvalue weighted by Gasteiger charge is -2.27. The Kier molecular flexibility index (Phi) is 9.19. The summed E-state index contributed by atoms with van der Waals surface area (Å²) in [5.74, 6) is 0.603. The van der Waals surface area contributed by atoms with Crippen LogP contribution in [0.4, 0.5) is 13.2 Å². The lowest BCUT2D eigenvalue weighted by Crippen LogP contribution is -2.44. The molecule has 1 aromatic carbocycles.